The van der Waals surface area contributed by atoms with Crippen LogP contribution in [0.5, 0.6) is 0 Å². The zero-order valence-electron chi connectivity index (χ0n) is 13.0. The average Bonchev–Trinajstić information content (AvgIpc) is 2.54. The molecular weight excluding hydrogens is 284 g/mol. The first-order chi connectivity index (χ1) is 10.7. The van der Waals surface area contributed by atoms with Crippen LogP contribution < -0.4 is 10.9 Å². The van der Waals surface area contributed by atoms with Gasteiger partial charge in [0.05, 0.1) is 18.4 Å². The summed E-state index contributed by atoms with van der Waals surface area (Å²) in [5.41, 5.74) is 0.524. The highest BCUT2D eigenvalue weighted by Crippen LogP contribution is 2.17. The smallest absolute Gasteiger partial charge is 0.250 e. The maximum atomic E-state index is 12.0. The first-order valence-corrected chi connectivity index (χ1v) is 7.80. The Labute approximate surface area is 130 Å². The quantitative estimate of drug-likeness (QED) is 0.833. The standard InChI is InChI=1S/C16H24N2O4/c1-21-11-9-18-12-13(5-8-16(18)20)17-15(19)7-6-14-4-2-3-10-22-14/h5,8,12,14H,2-4,6-7,9-11H2,1H3,(H,17,19)/t14-/m1/s1. The summed E-state index contributed by atoms with van der Waals surface area (Å²) in [5, 5.41) is 2.83. The van der Waals surface area contributed by atoms with Crippen molar-refractivity contribution in [1.82, 2.24) is 4.57 Å². The van der Waals surface area contributed by atoms with E-state index in [1.165, 1.54) is 17.1 Å². The number of anilines is 1. The number of nitrogens with one attached hydrogen (secondary N) is 1. The molecule has 1 aromatic heterocycles. The number of nitrogens with zero attached hydrogens (tertiary/aromatic N) is 1. The molecule has 1 aliphatic heterocycles. The minimum absolute atomic E-state index is 0.0499. The van der Waals surface area contributed by atoms with Crippen LogP contribution in [0, 0.1) is 0 Å². The first-order valence-electron chi connectivity index (χ1n) is 7.80. The monoisotopic (exact) mass is 308 g/mol. The Morgan fingerprint density at radius 2 is 2.32 bits per heavy atom. The minimum Gasteiger partial charge on any atom is -0.383 e. The molecule has 6 heteroatoms. The molecule has 0 bridgehead atoms. The van der Waals surface area contributed by atoms with Gasteiger partial charge >= 0.3 is 0 Å². The molecule has 0 radical (unpaired) electrons. The summed E-state index contributed by atoms with van der Waals surface area (Å²) in [4.78, 5) is 23.7. The molecule has 2 heterocycles. The summed E-state index contributed by atoms with van der Waals surface area (Å²) in [7, 11) is 1.59. The van der Waals surface area contributed by atoms with Crippen LogP contribution >= 0.6 is 0 Å². The zero-order valence-corrected chi connectivity index (χ0v) is 13.0. The fraction of sp³-hybridized carbons (Fsp3) is 0.625. The van der Waals surface area contributed by atoms with Gasteiger partial charge in [-0.25, -0.2) is 0 Å². The van der Waals surface area contributed by atoms with Crippen LogP contribution in [-0.4, -0.2) is 36.9 Å². The average molecular weight is 308 g/mol. The highest BCUT2D eigenvalue weighted by Gasteiger charge is 2.15. The van der Waals surface area contributed by atoms with Crippen molar-refractivity contribution < 1.29 is 14.3 Å². The molecule has 0 unspecified atom stereocenters. The number of carbonyl (C=O) groups excluding carboxylic acids is 1. The first kappa shape index (κ1) is 16.7. The zero-order chi connectivity index (χ0) is 15.8. The highest BCUT2D eigenvalue weighted by atomic mass is 16.5. The molecule has 22 heavy (non-hydrogen) atoms. The third-order valence-corrected chi connectivity index (χ3v) is 3.77. The SMILES string of the molecule is COCCn1cc(NC(=O)CC[C@H]2CCCCO2)ccc1=O. The highest BCUT2D eigenvalue weighted by molar-refractivity contribution is 5.90. The van der Waals surface area contributed by atoms with Crippen molar-refractivity contribution >= 4 is 11.6 Å². The molecule has 122 valence electrons. The molecule has 1 aliphatic rings. The second-order valence-corrected chi connectivity index (χ2v) is 5.52. The molecular formula is C16H24N2O4. The molecule has 1 N–H and O–H groups in total. The molecule has 0 saturated carbocycles. The van der Waals surface area contributed by atoms with Crippen LogP contribution in [0.25, 0.3) is 0 Å². The van der Waals surface area contributed by atoms with Crippen LogP contribution in [0.3, 0.4) is 0 Å². The number of rotatable bonds is 7. The lowest BCUT2D eigenvalue weighted by Gasteiger charge is -2.22. The lowest BCUT2D eigenvalue weighted by atomic mass is 10.0. The third-order valence-electron chi connectivity index (χ3n) is 3.77. The normalized spacial score (nSPS) is 18.1. The van der Waals surface area contributed by atoms with Gasteiger partial charge in [-0.2, -0.15) is 0 Å². The number of ether oxygens (including phenoxy) is 2. The molecule has 1 saturated heterocycles. The predicted molar refractivity (Wildman–Crippen MR) is 84.0 cm³/mol. The van der Waals surface area contributed by atoms with E-state index in [9.17, 15) is 9.59 Å². The number of amides is 1. The summed E-state index contributed by atoms with van der Waals surface area (Å²) >= 11 is 0. The van der Waals surface area contributed by atoms with Gasteiger partial charge in [-0.3, -0.25) is 9.59 Å². The number of hydrogen-bond acceptors (Lipinski definition) is 4. The van der Waals surface area contributed by atoms with Crippen molar-refractivity contribution in [3.05, 3.63) is 28.7 Å². The molecule has 2 rings (SSSR count). The topological polar surface area (TPSA) is 69.6 Å². The Balaban J connectivity index is 1.83. The largest absolute Gasteiger partial charge is 0.383 e. The van der Waals surface area contributed by atoms with E-state index < -0.39 is 0 Å². The second-order valence-electron chi connectivity index (χ2n) is 5.52. The van der Waals surface area contributed by atoms with Crippen molar-refractivity contribution in [2.75, 3.05) is 25.6 Å². The lowest BCUT2D eigenvalue weighted by molar-refractivity contribution is -0.117. The van der Waals surface area contributed by atoms with Crippen LogP contribution in [0.1, 0.15) is 32.1 Å². The van der Waals surface area contributed by atoms with Crippen LogP contribution in [0.2, 0.25) is 0 Å². The molecule has 1 amide bonds. The van der Waals surface area contributed by atoms with Crippen molar-refractivity contribution in [3.8, 4) is 0 Å². The summed E-state index contributed by atoms with van der Waals surface area (Å²) in [6, 6.07) is 3.08. The predicted octanol–water partition coefficient (Wildman–Crippen LogP) is 1.78. The lowest BCUT2D eigenvalue weighted by Crippen LogP contribution is -2.23. The Hall–Kier alpha value is -1.66. The number of pyridine rings is 1. The van der Waals surface area contributed by atoms with Gasteiger partial charge in [0, 0.05) is 38.9 Å². The number of aromatic nitrogens is 1. The van der Waals surface area contributed by atoms with Gasteiger partial charge < -0.3 is 19.4 Å². The van der Waals surface area contributed by atoms with Crippen molar-refractivity contribution in [2.24, 2.45) is 0 Å². The Morgan fingerprint density at radius 3 is 3.05 bits per heavy atom. The third kappa shape index (κ3) is 5.27. The summed E-state index contributed by atoms with van der Waals surface area (Å²) in [6.07, 6.45) is 6.36. The summed E-state index contributed by atoms with van der Waals surface area (Å²) in [6.45, 7) is 1.72. The Kier molecular flexibility index (Phi) is 6.61. The van der Waals surface area contributed by atoms with Gasteiger partial charge in [-0.15, -0.1) is 0 Å². The fourth-order valence-electron chi connectivity index (χ4n) is 2.52. The van der Waals surface area contributed by atoms with E-state index in [1.807, 2.05) is 0 Å². The molecule has 1 fully saturated rings. The van der Waals surface area contributed by atoms with E-state index in [1.54, 1.807) is 19.4 Å². The van der Waals surface area contributed by atoms with E-state index >= 15 is 0 Å². The van der Waals surface area contributed by atoms with Crippen LogP contribution in [0.4, 0.5) is 5.69 Å². The Morgan fingerprint density at radius 1 is 1.45 bits per heavy atom. The van der Waals surface area contributed by atoms with E-state index in [0.717, 1.165) is 25.9 Å². The Bertz CT molecular complexity index is 535. The number of hydrogen-bond donors (Lipinski definition) is 1. The maximum Gasteiger partial charge on any atom is 0.250 e. The molecule has 6 nitrogen and oxygen atoms in total. The minimum atomic E-state index is -0.106. The van der Waals surface area contributed by atoms with Gasteiger partial charge in [-0.05, 0) is 31.7 Å². The van der Waals surface area contributed by atoms with E-state index in [-0.39, 0.29) is 17.6 Å². The van der Waals surface area contributed by atoms with E-state index in [2.05, 4.69) is 5.32 Å². The van der Waals surface area contributed by atoms with Crippen molar-refractivity contribution in [1.29, 1.82) is 0 Å². The fourth-order valence-corrected chi connectivity index (χ4v) is 2.52. The maximum absolute atomic E-state index is 12.0. The van der Waals surface area contributed by atoms with Crippen molar-refractivity contribution in [3.63, 3.8) is 0 Å². The summed E-state index contributed by atoms with van der Waals surface area (Å²) in [5.74, 6) is -0.0499. The molecule has 0 aliphatic carbocycles. The molecule has 0 aromatic carbocycles. The molecule has 1 atom stereocenters. The van der Waals surface area contributed by atoms with E-state index in [4.69, 9.17) is 9.47 Å². The van der Waals surface area contributed by atoms with Gasteiger partial charge in [0.1, 0.15) is 0 Å². The number of carbonyl (C=O) groups is 1. The van der Waals surface area contributed by atoms with Crippen LogP contribution in [-0.2, 0) is 20.8 Å². The van der Waals surface area contributed by atoms with Gasteiger partial charge in [0.2, 0.25) is 5.91 Å². The molecule has 1 aromatic rings. The second kappa shape index (κ2) is 8.70. The number of methoxy groups -OCH3 is 1. The van der Waals surface area contributed by atoms with Crippen molar-refractivity contribution in [2.45, 2.75) is 44.8 Å². The molecule has 0 spiro atoms. The van der Waals surface area contributed by atoms with Crippen LogP contribution in [0.15, 0.2) is 23.1 Å². The van der Waals surface area contributed by atoms with Gasteiger partial charge in [0.15, 0.2) is 0 Å². The van der Waals surface area contributed by atoms with E-state index in [0.29, 0.717) is 25.3 Å². The van der Waals surface area contributed by atoms with Gasteiger partial charge in [-0.1, -0.05) is 0 Å². The summed E-state index contributed by atoms with van der Waals surface area (Å²) < 4.78 is 12.1. The van der Waals surface area contributed by atoms with Gasteiger partial charge in [0.25, 0.3) is 5.56 Å².